The van der Waals surface area contributed by atoms with Crippen LogP contribution in [0.25, 0.3) is 0 Å². The van der Waals surface area contributed by atoms with Crippen LogP contribution in [0.1, 0.15) is 31.7 Å². The highest BCUT2D eigenvalue weighted by atomic mass is 15.3. The summed E-state index contributed by atoms with van der Waals surface area (Å²) in [5.74, 6) is 1.57. The molecule has 0 amide bonds. The second-order valence-corrected chi connectivity index (χ2v) is 7.68. The Labute approximate surface area is 140 Å². The van der Waals surface area contributed by atoms with Crippen LogP contribution in [-0.2, 0) is 7.05 Å². The van der Waals surface area contributed by atoms with Gasteiger partial charge in [0.15, 0.2) is 5.96 Å². The van der Waals surface area contributed by atoms with Crippen molar-refractivity contribution in [1.29, 1.82) is 0 Å². The SMILES string of the molecule is CN=C(NCC(C)(C)CN(C)C)N1CCC(c2cnn(C)c2)C1. The van der Waals surface area contributed by atoms with E-state index in [1.807, 2.05) is 25.0 Å². The third kappa shape index (κ3) is 4.96. The summed E-state index contributed by atoms with van der Waals surface area (Å²) < 4.78 is 1.88. The Morgan fingerprint density at radius 1 is 1.48 bits per heavy atom. The van der Waals surface area contributed by atoms with E-state index in [-0.39, 0.29) is 5.41 Å². The van der Waals surface area contributed by atoms with Crippen LogP contribution in [0, 0.1) is 5.41 Å². The summed E-state index contributed by atoms with van der Waals surface area (Å²) >= 11 is 0. The molecule has 6 heteroatoms. The highest BCUT2D eigenvalue weighted by Crippen LogP contribution is 2.26. The Morgan fingerprint density at radius 3 is 2.78 bits per heavy atom. The summed E-state index contributed by atoms with van der Waals surface area (Å²) in [4.78, 5) is 9.08. The van der Waals surface area contributed by atoms with Crippen molar-refractivity contribution in [2.75, 3.05) is 47.3 Å². The molecule has 23 heavy (non-hydrogen) atoms. The van der Waals surface area contributed by atoms with Crippen molar-refractivity contribution >= 4 is 5.96 Å². The van der Waals surface area contributed by atoms with E-state index in [0.29, 0.717) is 5.92 Å². The predicted octanol–water partition coefficient (Wildman–Crippen LogP) is 1.37. The van der Waals surface area contributed by atoms with Crippen LogP contribution in [0.3, 0.4) is 0 Å². The predicted molar refractivity (Wildman–Crippen MR) is 95.8 cm³/mol. The van der Waals surface area contributed by atoms with Crippen molar-refractivity contribution < 1.29 is 0 Å². The number of hydrogen-bond acceptors (Lipinski definition) is 3. The van der Waals surface area contributed by atoms with Gasteiger partial charge >= 0.3 is 0 Å². The molecule has 0 bridgehead atoms. The van der Waals surface area contributed by atoms with E-state index in [1.165, 1.54) is 5.56 Å². The summed E-state index contributed by atoms with van der Waals surface area (Å²) in [5, 5.41) is 7.86. The van der Waals surface area contributed by atoms with E-state index < -0.39 is 0 Å². The fraction of sp³-hybridized carbons (Fsp3) is 0.765. The number of aliphatic imine (C=N–C) groups is 1. The molecule has 1 aliphatic heterocycles. The van der Waals surface area contributed by atoms with Crippen molar-refractivity contribution in [3.63, 3.8) is 0 Å². The van der Waals surface area contributed by atoms with Crippen LogP contribution in [0.2, 0.25) is 0 Å². The number of nitrogens with one attached hydrogen (secondary N) is 1. The Hall–Kier alpha value is -1.56. The van der Waals surface area contributed by atoms with Crippen LogP contribution in [-0.4, -0.2) is 72.9 Å². The quantitative estimate of drug-likeness (QED) is 0.658. The molecule has 130 valence electrons. The number of aryl methyl sites for hydroxylation is 1. The molecule has 1 N–H and O–H groups in total. The molecular formula is C17H32N6. The first-order valence-corrected chi connectivity index (χ1v) is 8.39. The molecule has 1 unspecified atom stereocenters. The van der Waals surface area contributed by atoms with Crippen molar-refractivity contribution in [2.24, 2.45) is 17.5 Å². The van der Waals surface area contributed by atoms with Gasteiger partial charge in [-0.15, -0.1) is 0 Å². The molecule has 2 rings (SSSR count). The van der Waals surface area contributed by atoms with Gasteiger partial charge in [0.05, 0.1) is 6.20 Å². The molecule has 0 saturated carbocycles. The standard InChI is InChI=1S/C17H32N6/c1-17(2,13-21(4)5)12-19-16(18-3)23-8-7-14(11-23)15-9-20-22(6)10-15/h9-10,14H,7-8,11-13H2,1-6H3,(H,18,19). The lowest BCUT2D eigenvalue weighted by Gasteiger charge is -2.31. The number of guanidine groups is 1. The van der Waals surface area contributed by atoms with E-state index in [9.17, 15) is 0 Å². The molecule has 1 saturated heterocycles. The number of aromatic nitrogens is 2. The highest BCUT2D eigenvalue weighted by molar-refractivity contribution is 5.80. The molecule has 1 aromatic rings. The van der Waals surface area contributed by atoms with Gasteiger partial charge in [0.1, 0.15) is 0 Å². The minimum absolute atomic E-state index is 0.210. The third-order valence-corrected chi connectivity index (χ3v) is 4.37. The molecule has 1 aromatic heterocycles. The molecular weight excluding hydrogens is 288 g/mol. The van der Waals surface area contributed by atoms with E-state index in [4.69, 9.17) is 0 Å². The molecule has 0 aromatic carbocycles. The summed E-state index contributed by atoms with van der Waals surface area (Å²) in [7, 11) is 8.09. The van der Waals surface area contributed by atoms with E-state index in [2.05, 4.69) is 59.3 Å². The van der Waals surface area contributed by atoms with Gasteiger partial charge in [-0.1, -0.05) is 13.8 Å². The lowest BCUT2D eigenvalue weighted by atomic mass is 9.93. The Kier molecular flexibility index (Phi) is 5.68. The minimum Gasteiger partial charge on any atom is -0.356 e. The molecule has 1 fully saturated rings. The van der Waals surface area contributed by atoms with Gasteiger partial charge in [-0.25, -0.2) is 0 Å². The summed E-state index contributed by atoms with van der Waals surface area (Å²) in [6.45, 7) is 8.61. The first-order chi connectivity index (χ1) is 10.8. The number of hydrogen-bond donors (Lipinski definition) is 1. The number of nitrogens with zero attached hydrogens (tertiary/aromatic N) is 5. The average Bonchev–Trinajstić information content (AvgIpc) is 3.07. The van der Waals surface area contributed by atoms with Crippen LogP contribution in [0.15, 0.2) is 17.4 Å². The van der Waals surface area contributed by atoms with Crippen molar-refractivity contribution in [2.45, 2.75) is 26.2 Å². The topological polar surface area (TPSA) is 48.7 Å². The Morgan fingerprint density at radius 2 is 2.22 bits per heavy atom. The van der Waals surface area contributed by atoms with Crippen LogP contribution in [0.5, 0.6) is 0 Å². The van der Waals surface area contributed by atoms with Gasteiger partial charge in [-0.2, -0.15) is 5.10 Å². The van der Waals surface area contributed by atoms with Crippen LogP contribution >= 0.6 is 0 Å². The minimum atomic E-state index is 0.210. The highest BCUT2D eigenvalue weighted by Gasteiger charge is 2.28. The Bertz CT molecular complexity index is 531. The van der Waals surface area contributed by atoms with Crippen LogP contribution < -0.4 is 5.32 Å². The third-order valence-electron chi connectivity index (χ3n) is 4.37. The van der Waals surface area contributed by atoms with E-state index in [0.717, 1.165) is 38.6 Å². The zero-order chi connectivity index (χ0) is 17.0. The number of rotatable bonds is 5. The summed E-state index contributed by atoms with van der Waals surface area (Å²) in [5.41, 5.74) is 1.54. The maximum absolute atomic E-state index is 4.48. The van der Waals surface area contributed by atoms with Gasteiger partial charge in [0, 0.05) is 52.4 Å². The average molecular weight is 320 g/mol. The van der Waals surface area contributed by atoms with E-state index in [1.54, 1.807) is 0 Å². The normalized spacial score (nSPS) is 19.7. The lowest BCUT2D eigenvalue weighted by Crippen LogP contribution is -2.46. The fourth-order valence-electron chi connectivity index (χ4n) is 3.44. The molecule has 2 heterocycles. The van der Waals surface area contributed by atoms with E-state index >= 15 is 0 Å². The van der Waals surface area contributed by atoms with Crippen molar-refractivity contribution in [3.8, 4) is 0 Å². The monoisotopic (exact) mass is 320 g/mol. The zero-order valence-corrected chi connectivity index (χ0v) is 15.5. The summed E-state index contributed by atoms with van der Waals surface area (Å²) in [6.07, 6.45) is 5.28. The first-order valence-electron chi connectivity index (χ1n) is 8.39. The zero-order valence-electron chi connectivity index (χ0n) is 15.5. The number of likely N-dealkylation sites (tertiary alicyclic amines) is 1. The van der Waals surface area contributed by atoms with Gasteiger partial charge in [0.2, 0.25) is 0 Å². The fourth-order valence-corrected chi connectivity index (χ4v) is 3.44. The molecule has 6 nitrogen and oxygen atoms in total. The van der Waals surface area contributed by atoms with Gasteiger partial charge in [0.25, 0.3) is 0 Å². The molecule has 0 radical (unpaired) electrons. The maximum atomic E-state index is 4.48. The lowest BCUT2D eigenvalue weighted by molar-refractivity contribution is 0.239. The smallest absolute Gasteiger partial charge is 0.193 e. The molecule has 1 atom stereocenters. The van der Waals surface area contributed by atoms with Gasteiger partial charge in [-0.3, -0.25) is 9.67 Å². The molecule has 1 aliphatic rings. The Balaban J connectivity index is 1.90. The van der Waals surface area contributed by atoms with Crippen molar-refractivity contribution in [3.05, 3.63) is 18.0 Å². The van der Waals surface area contributed by atoms with Gasteiger partial charge in [-0.05, 0) is 31.5 Å². The second kappa shape index (κ2) is 7.34. The summed E-state index contributed by atoms with van der Waals surface area (Å²) in [6, 6.07) is 0. The molecule has 0 spiro atoms. The largest absolute Gasteiger partial charge is 0.356 e. The maximum Gasteiger partial charge on any atom is 0.193 e. The van der Waals surface area contributed by atoms with Gasteiger partial charge < -0.3 is 15.1 Å². The molecule has 0 aliphatic carbocycles. The first kappa shape index (κ1) is 17.8. The second-order valence-electron chi connectivity index (χ2n) is 7.68. The van der Waals surface area contributed by atoms with Crippen LogP contribution in [0.4, 0.5) is 0 Å². The van der Waals surface area contributed by atoms with Crippen molar-refractivity contribution in [1.82, 2.24) is 24.9 Å².